The SMILES string of the molecule is C=Cc1cc(C(=O)O)c(-c2ccc(C(=O)NCC3CC3)nc2C(=O)OCC(C)OC(=O)C(NC(=O)OC(C)(C)C)C(C)C)cc1OC. The minimum absolute atomic E-state index is 0.0691. The van der Waals surface area contributed by atoms with Crippen LogP contribution in [0.15, 0.2) is 30.8 Å². The normalized spacial score (nSPS) is 14.0. The van der Waals surface area contributed by atoms with Crippen LogP contribution in [-0.4, -0.2) is 78.0 Å². The van der Waals surface area contributed by atoms with Crippen molar-refractivity contribution in [3.05, 3.63) is 53.4 Å². The van der Waals surface area contributed by atoms with Crippen LogP contribution in [0.2, 0.25) is 0 Å². The predicted octanol–water partition coefficient (Wildman–Crippen LogP) is 4.88. The molecular weight excluding hydrogens is 610 g/mol. The Bertz CT molecular complexity index is 1520. The molecule has 0 radical (unpaired) electrons. The Morgan fingerprint density at radius 3 is 2.32 bits per heavy atom. The molecule has 1 aliphatic rings. The molecule has 3 rings (SSSR count). The summed E-state index contributed by atoms with van der Waals surface area (Å²) in [7, 11) is 1.41. The van der Waals surface area contributed by atoms with Crippen LogP contribution >= 0.6 is 0 Å². The molecule has 47 heavy (non-hydrogen) atoms. The van der Waals surface area contributed by atoms with Gasteiger partial charge < -0.3 is 34.7 Å². The fourth-order valence-electron chi connectivity index (χ4n) is 4.44. The molecule has 2 atom stereocenters. The number of benzene rings is 1. The second-order valence-electron chi connectivity index (χ2n) is 12.6. The number of carbonyl (C=O) groups is 5. The number of hydrogen-bond donors (Lipinski definition) is 3. The van der Waals surface area contributed by atoms with Gasteiger partial charge in [-0.05, 0) is 76.6 Å². The van der Waals surface area contributed by atoms with Crippen LogP contribution in [0.25, 0.3) is 17.2 Å². The van der Waals surface area contributed by atoms with Crippen molar-refractivity contribution in [3.63, 3.8) is 0 Å². The molecule has 1 aliphatic carbocycles. The first-order valence-electron chi connectivity index (χ1n) is 15.3. The van der Waals surface area contributed by atoms with Crippen LogP contribution in [0.4, 0.5) is 4.79 Å². The number of amides is 2. The van der Waals surface area contributed by atoms with Crippen LogP contribution in [0.1, 0.15) is 91.3 Å². The van der Waals surface area contributed by atoms with E-state index in [0.717, 1.165) is 12.8 Å². The van der Waals surface area contributed by atoms with Gasteiger partial charge in [0.25, 0.3) is 5.91 Å². The van der Waals surface area contributed by atoms with Gasteiger partial charge in [-0.1, -0.05) is 26.5 Å². The first-order chi connectivity index (χ1) is 22.0. The van der Waals surface area contributed by atoms with Crippen molar-refractivity contribution in [2.45, 2.75) is 72.1 Å². The second-order valence-corrected chi connectivity index (χ2v) is 12.6. The van der Waals surface area contributed by atoms with Gasteiger partial charge in [-0.25, -0.2) is 24.2 Å². The Morgan fingerprint density at radius 2 is 1.77 bits per heavy atom. The number of nitrogens with zero attached hydrogens (tertiary/aromatic N) is 1. The van der Waals surface area contributed by atoms with E-state index in [1.165, 1.54) is 44.4 Å². The largest absolute Gasteiger partial charge is 0.496 e. The van der Waals surface area contributed by atoms with Crippen molar-refractivity contribution in [3.8, 4) is 16.9 Å². The summed E-state index contributed by atoms with van der Waals surface area (Å²) in [4.78, 5) is 68.2. The number of alkyl carbamates (subject to hydrolysis) is 1. The third kappa shape index (κ3) is 10.3. The highest BCUT2D eigenvalue weighted by Crippen LogP contribution is 2.34. The monoisotopic (exact) mass is 653 g/mol. The Morgan fingerprint density at radius 1 is 1.09 bits per heavy atom. The highest BCUT2D eigenvalue weighted by atomic mass is 16.6. The van der Waals surface area contributed by atoms with Gasteiger partial charge >= 0.3 is 24.0 Å². The molecule has 0 saturated heterocycles. The third-order valence-corrected chi connectivity index (χ3v) is 7.04. The van der Waals surface area contributed by atoms with Crippen molar-refractivity contribution < 1.29 is 48.0 Å². The highest BCUT2D eigenvalue weighted by molar-refractivity contribution is 6.04. The van der Waals surface area contributed by atoms with Gasteiger partial charge in [0, 0.05) is 23.2 Å². The first kappa shape index (κ1) is 36.5. The zero-order valence-electron chi connectivity index (χ0n) is 27.8. The van der Waals surface area contributed by atoms with E-state index < -0.39 is 54.3 Å². The number of carboxylic acid groups (broad SMARTS) is 1. The lowest BCUT2D eigenvalue weighted by Gasteiger charge is -2.25. The van der Waals surface area contributed by atoms with Crippen LogP contribution in [0.3, 0.4) is 0 Å². The molecule has 3 N–H and O–H groups in total. The zero-order valence-corrected chi connectivity index (χ0v) is 27.8. The molecule has 1 aromatic heterocycles. The van der Waals surface area contributed by atoms with Gasteiger partial charge in [0.1, 0.15) is 35.8 Å². The predicted molar refractivity (Wildman–Crippen MR) is 172 cm³/mol. The van der Waals surface area contributed by atoms with E-state index in [4.69, 9.17) is 18.9 Å². The molecule has 2 amide bonds. The van der Waals surface area contributed by atoms with Crippen LogP contribution in [-0.2, 0) is 19.0 Å². The van der Waals surface area contributed by atoms with Gasteiger partial charge in [-0.15, -0.1) is 0 Å². The molecule has 1 saturated carbocycles. The van der Waals surface area contributed by atoms with Crippen molar-refractivity contribution >= 4 is 36.0 Å². The van der Waals surface area contributed by atoms with E-state index in [2.05, 4.69) is 22.2 Å². The number of rotatable bonds is 14. The number of ether oxygens (including phenoxy) is 4. The molecule has 2 aromatic rings. The number of esters is 2. The maximum atomic E-state index is 13.5. The van der Waals surface area contributed by atoms with Crippen LogP contribution in [0.5, 0.6) is 5.75 Å². The summed E-state index contributed by atoms with van der Waals surface area (Å²) in [5.41, 5.74) is -0.753. The van der Waals surface area contributed by atoms with Crippen molar-refractivity contribution in [2.75, 3.05) is 20.3 Å². The Kier molecular flexibility index (Phi) is 12.1. The number of carbonyl (C=O) groups excluding carboxylic acids is 4. The molecule has 254 valence electrons. The number of carboxylic acids is 1. The maximum Gasteiger partial charge on any atom is 0.408 e. The average Bonchev–Trinajstić information content (AvgIpc) is 3.83. The van der Waals surface area contributed by atoms with Crippen molar-refractivity contribution in [1.29, 1.82) is 0 Å². The maximum absolute atomic E-state index is 13.5. The van der Waals surface area contributed by atoms with Crippen LogP contribution < -0.4 is 15.4 Å². The highest BCUT2D eigenvalue weighted by Gasteiger charge is 2.30. The quantitative estimate of drug-likeness (QED) is 0.187. The van der Waals surface area contributed by atoms with E-state index in [9.17, 15) is 29.1 Å². The van der Waals surface area contributed by atoms with E-state index in [1.807, 2.05) is 0 Å². The standard InChI is InChI=1S/C34H43N3O10/c1-9-21-14-24(30(39)40)23(15-26(21)44-8)22-12-13-25(29(38)35-16-20-10-11-20)36-28(22)31(41)45-17-19(4)46-32(42)27(18(2)3)37-33(43)47-34(5,6)7/h9,12-15,18-20,27H,1,10-11,16-17H2,2-8H3,(H,35,38)(H,37,43)(H,39,40). The first-order valence-corrected chi connectivity index (χ1v) is 15.3. The third-order valence-electron chi connectivity index (χ3n) is 7.04. The topological polar surface area (TPSA) is 179 Å². The summed E-state index contributed by atoms with van der Waals surface area (Å²) in [6, 6.07) is 4.57. The lowest BCUT2D eigenvalue weighted by atomic mass is 9.95. The number of methoxy groups -OCH3 is 1. The van der Waals surface area contributed by atoms with Gasteiger partial charge in [-0.3, -0.25) is 4.79 Å². The fraction of sp³-hybridized carbons (Fsp3) is 0.471. The number of nitrogens with one attached hydrogen (secondary N) is 2. The molecule has 0 bridgehead atoms. The summed E-state index contributed by atoms with van der Waals surface area (Å²) < 4.78 is 21.6. The van der Waals surface area contributed by atoms with E-state index in [0.29, 0.717) is 23.8 Å². The number of pyridine rings is 1. The number of aromatic carboxylic acids is 1. The molecule has 0 aliphatic heterocycles. The van der Waals surface area contributed by atoms with Crippen LogP contribution in [0, 0.1) is 11.8 Å². The smallest absolute Gasteiger partial charge is 0.408 e. The number of hydrogen-bond acceptors (Lipinski definition) is 10. The summed E-state index contributed by atoms with van der Waals surface area (Å²) in [5, 5.41) is 15.3. The molecule has 13 heteroatoms. The van der Waals surface area contributed by atoms with E-state index in [1.54, 1.807) is 34.6 Å². The summed E-state index contributed by atoms with van der Waals surface area (Å²) in [6.07, 6.45) is 1.73. The molecule has 1 aromatic carbocycles. The molecule has 1 heterocycles. The lowest BCUT2D eigenvalue weighted by Crippen LogP contribution is -2.48. The second kappa shape index (κ2) is 15.6. The molecular formula is C34H43N3O10. The fourth-order valence-corrected chi connectivity index (χ4v) is 4.44. The number of aromatic nitrogens is 1. The van der Waals surface area contributed by atoms with Crippen molar-refractivity contribution in [2.24, 2.45) is 11.8 Å². The van der Waals surface area contributed by atoms with Crippen molar-refractivity contribution in [1.82, 2.24) is 15.6 Å². The van der Waals surface area contributed by atoms with Gasteiger partial charge in [0.05, 0.1) is 12.7 Å². The van der Waals surface area contributed by atoms with Gasteiger partial charge in [0.2, 0.25) is 0 Å². The van der Waals surface area contributed by atoms with E-state index >= 15 is 0 Å². The summed E-state index contributed by atoms with van der Waals surface area (Å²) in [6.45, 7) is 13.8. The Labute approximate surface area is 274 Å². The molecule has 0 spiro atoms. The van der Waals surface area contributed by atoms with Gasteiger partial charge in [0.15, 0.2) is 5.69 Å². The van der Waals surface area contributed by atoms with E-state index in [-0.39, 0.29) is 34.0 Å². The minimum atomic E-state index is -1.28. The molecule has 13 nitrogen and oxygen atoms in total. The average molecular weight is 654 g/mol. The Balaban J connectivity index is 1.88. The van der Waals surface area contributed by atoms with Gasteiger partial charge in [-0.2, -0.15) is 0 Å². The molecule has 2 unspecified atom stereocenters. The zero-order chi connectivity index (χ0) is 35.1. The summed E-state index contributed by atoms with van der Waals surface area (Å²) in [5.74, 6) is -3.19. The Hall–Kier alpha value is -4.94. The molecule has 1 fully saturated rings. The lowest BCUT2D eigenvalue weighted by molar-refractivity contribution is -0.154. The summed E-state index contributed by atoms with van der Waals surface area (Å²) >= 11 is 0. The minimum Gasteiger partial charge on any atom is -0.496 e.